The molecule has 6 aliphatic rings. The summed E-state index contributed by atoms with van der Waals surface area (Å²) in [6.07, 6.45) is 5.11. The van der Waals surface area contributed by atoms with Gasteiger partial charge in [-0.1, -0.05) is 158 Å². The van der Waals surface area contributed by atoms with Crippen LogP contribution in [-0.2, 0) is 26.4 Å². The molecule has 62 heavy (non-hydrogen) atoms. The first-order valence-corrected chi connectivity index (χ1v) is 23.6. The third-order valence-electron chi connectivity index (χ3n) is 16.0. The van der Waals surface area contributed by atoms with Crippen molar-refractivity contribution in [3.63, 3.8) is 0 Å². The Morgan fingerprint density at radius 1 is 0.516 bits per heavy atom. The van der Waals surface area contributed by atoms with Crippen molar-refractivity contribution in [3.05, 3.63) is 137 Å². The quantitative estimate of drug-likeness (QED) is 0.169. The topological polar surface area (TPSA) is 15.7 Å². The molecule has 0 aromatic heterocycles. The van der Waals surface area contributed by atoms with Crippen LogP contribution in [0.25, 0.3) is 11.1 Å². The van der Waals surface area contributed by atoms with Crippen LogP contribution in [0.4, 0.5) is 28.4 Å². The summed E-state index contributed by atoms with van der Waals surface area (Å²) in [7, 11) is 0. The summed E-state index contributed by atoms with van der Waals surface area (Å²) < 4.78 is 7.84. The van der Waals surface area contributed by atoms with Crippen molar-refractivity contribution in [3.8, 4) is 11.1 Å². The molecule has 5 aromatic carbocycles. The number of benzene rings is 5. The molecule has 0 radical (unpaired) electrons. The average molecular weight is 821 g/mol. The van der Waals surface area contributed by atoms with Crippen LogP contribution in [-0.4, -0.2) is 12.8 Å². The lowest BCUT2D eigenvalue weighted by Gasteiger charge is -2.58. The third kappa shape index (κ3) is 6.27. The van der Waals surface area contributed by atoms with E-state index in [4.69, 9.17) is 4.74 Å². The highest BCUT2D eigenvalue weighted by Crippen LogP contribution is 2.67. The van der Waals surface area contributed by atoms with Crippen LogP contribution in [0, 0.1) is 16.7 Å². The molecule has 0 spiro atoms. The van der Waals surface area contributed by atoms with Crippen molar-refractivity contribution in [2.24, 2.45) is 16.7 Å². The van der Waals surface area contributed by atoms with Crippen molar-refractivity contribution in [1.29, 1.82) is 0 Å². The number of hydrogen-bond donors (Lipinski definition) is 0. The SMILES string of the molecule is CC(C)(C)c1ccc(N2C3=C(OC4C3C3(C)CCC4(C)CC3)B3c4cc(C(C)(C)C)ccc4N(c4ccc(C(C)(C)C)cc4-c4ccccc4)c4cc(C(C)(C)C)cc2c43)cc1. The van der Waals surface area contributed by atoms with Crippen LogP contribution >= 0.6 is 0 Å². The predicted octanol–water partition coefficient (Wildman–Crippen LogP) is 14.5. The maximum atomic E-state index is 7.84. The molecule has 320 valence electrons. The zero-order chi connectivity index (χ0) is 44.1. The van der Waals surface area contributed by atoms with Gasteiger partial charge in [0.05, 0.1) is 17.0 Å². The number of nitrogens with zero attached hydrogens (tertiary/aromatic N) is 2. The molecule has 0 N–H and O–H groups in total. The fourth-order valence-corrected chi connectivity index (χ4v) is 11.8. The van der Waals surface area contributed by atoms with Crippen molar-refractivity contribution in [1.82, 2.24) is 0 Å². The second kappa shape index (κ2) is 13.4. The highest BCUT2D eigenvalue weighted by molar-refractivity contribution is 6.94. The number of rotatable bonds is 3. The molecule has 3 heterocycles. The number of anilines is 5. The maximum Gasteiger partial charge on any atom is 0.295 e. The Kier molecular flexibility index (Phi) is 8.94. The molecule has 4 heteroatoms. The van der Waals surface area contributed by atoms with Gasteiger partial charge in [-0.25, -0.2) is 0 Å². The second-order valence-corrected chi connectivity index (χ2v) is 24.5. The zero-order valence-corrected chi connectivity index (χ0v) is 40.2. The minimum absolute atomic E-state index is 0.00487. The molecule has 2 unspecified atom stereocenters. The molecule has 0 saturated heterocycles. The molecule has 2 atom stereocenters. The lowest BCUT2D eigenvalue weighted by molar-refractivity contribution is -0.127. The van der Waals surface area contributed by atoms with Gasteiger partial charge in [0.25, 0.3) is 6.71 Å². The van der Waals surface area contributed by atoms with E-state index in [0.717, 1.165) is 0 Å². The fraction of sp³-hybridized carbons (Fsp3) is 0.448. The van der Waals surface area contributed by atoms with E-state index in [0.29, 0.717) is 5.92 Å². The summed E-state index contributed by atoms with van der Waals surface area (Å²) in [5.74, 6) is 0.309. The smallest absolute Gasteiger partial charge is 0.295 e. The van der Waals surface area contributed by atoms with E-state index < -0.39 is 0 Å². The lowest BCUT2D eigenvalue weighted by atomic mass is 9.35. The summed E-state index contributed by atoms with van der Waals surface area (Å²) in [6.45, 7) is 33.3. The molecule has 11 rings (SSSR count). The van der Waals surface area contributed by atoms with Gasteiger partial charge < -0.3 is 14.5 Å². The summed E-state index contributed by atoms with van der Waals surface area (Å²) in [5.41, 5.74) is 19.7. The Labute approximate surface area is 374 Å². The van der Waals surface area contributed by atoms with E-state index in [1.807, 2.05) is 0 Å². The first-order chi connectivity index (χ1) is 29.0. The molecular weight excluding hydrogens is 751 g/mol. The van der Waals surface area contributed by atoms with Gasteiger partial charge >= 0.3 is 0 Å². The maximum absolute atomic E-state index is 7.84. The zero-order valence-electron chi connectivity index (χ0n) is 40.2. The summed E-state index contributed by atoms with van der Waals surface area (Å²) >= 11 is 0. The van der Waals surface area contributed by atoms with E-state index in [1.165, 1.54) is 110 Å². The van der Waals surface area contributed by atoms with Gasteiger partial charge in [-0.15, -0.1) is 0 Å². The summed E-state index contributed by atoms with van der Waals surface area (Å²) in [4.78, 5) is 5.35. The van der Waals surface area contributed by atoms with Gasteiger partial charge in [0.1, 0.15) is 6.10 Å². The Morgan fingerprint density at radius 3 is 1.61 bits per heavy atom. The first-order valence-electron chi connectivity index (χ1n) is 23.6. The molecule has 2 bridgehead atoms. The number of ether oxygens (including phenoxy) is 1. The lowest BCUT2D eigenvalue weighted by Crippen LogP contribution is -2.57. The van der Waals surface area contributed by atoms with Crippen molar-refractivity contribution >= 4 is 46.1 Å². The van der Waals surface area contributed by atoms with E-state index in [-0.39, 0.29) is 45.3 Å². The molecule has 3 nitrogen and oxygen atoms in total. The molecule has 3 aliphatic carbocycles. The molecule has 3 aliphatic heterocycles. The minimum Gasteiger partial charge on any atom is -0.501 e. The van der Waals surface area contributed by atoms with E-state index in [1.54, 1.807) is 0 Å². The number of hydrogen-bond acceptors (Lipinski definition) is 3. The monoisotopic (exact) mass is 821 g/mol. The Hall–Kier alpha value is -4.70. The van der Waals surface area contributed by atoms with Crippen LogP contribution < -0.4 is 20.7 Å². The van der Waals surface area contributed by atoms with E-state index >= 15 is 0 Å². The first kappa shape index (κ1) is 41.3. The van der Waals surface area contributed by atoms with Crippen LogP contribution in [0.5, 0.6) is 0 Å². The van der Waals surface area contributed by atoms with Gasteiger partial charge in [-0.05, 0) is 134 Å². The Morgan fingerprint density at radius 2 is 1.03 bits per heavy atom. The molecule has 3 saturated carbocycles. The number of fused-ring (bicyclic) bond motifs is 5. The van der Waals surface area contributed by atoms with Gasteiger partial charge in [0.15, 0.2) is 0 Å². The van der Waals surface area contributed by atoms with E-state index in [9.17, 15) is 0 Å². The Bertz CT molecular complexity index is 2630. The van der Waals surface area contributed by atoms with Crippen LogP contribution in [0.2, 0.25) is 0 Å². The van der Waals surface area contributed by atoms with Crippen molar-refractivity contribution in [2.75, 3.05) is 9.80 Å². The summed E-state index contributed by atoms with van der Waals surface area (Å²) in [5, 5.41) is 0. The minimum atomic E-state index is -0.101. The highest BCUT2D eigenvalue weighted by atomic mass is 16.5. The largest absolute Gasteiger partial charge is 0.501 e. The molecular formula is C58H69BN2O. The van der Waals surface area contributed by atoms with Gasteiger partial charge in [-0.3, -0.25) is 0 Å². The van der Waals surface area contributed by atoms with Gasteiger partial charge in [-0.2, -0.15) is 0 Å². The fourth-order valence-electron chi connectivity index (χ4n) is 11.8. The highest BCUT2D eigenvalue weighted by Gasteiger charge is 2.65. The van der Waals surface area contributed by atoms with Crippen LogP contribution in [0.1, 0.15) is 145 Å². The molecule has 0 amide bonds. The normalized spacial score (nSPS) is 24.1. The van der Waals surface area contributed by atoms with Crippen LogP contribution in [0.3, 0.4) is 0 Å². The van der Waals surface area contributed by atoms with Crippen LogP contribution in [0.15, 0.2) is 114 Å². The van der Waals surface area contributed by atoms with Crippen molar-refractivity contribution in [2.45, 2.75) is 150 Å². The molecule has 3 fully saturated rings. The molecule has 5 aromatic rings. The van der Waals surface area contributed by atoms with Crippen molar-refractivity contribution < 1.29 is 4.74 Å². The standard InChI is InChI=1S/C58H69BN2O/c1-53(2,3)37-20-24-41(25-21-37)60-46-34-40(56(10,11)12)35-47-49(46)59(52-50(60)48-51(62-52)58(14)30-28-57(48,13)29-31-58)43-33-39(55(7,8)9)23-27-45(43)61(47)44-26-22-38(54(4,5)6)32-42(44)36-18-16-15-17-19-36/h15-27,32-35,48,51H,28-31H2,1-14H3. The van der Waals surface area contributed by atoms with Gasteiger partial charge in [0.2, 0.25) is 0 Å². The van der Waals surface area contributed by atoms with E-state index in [2.05, 4.69) is 210 Å². The average Bonchev–Trinajstić information content (AvgIpc) is 3.64. The summed E-state index contributed by atoms with van der Waals surface area (Å²) in [6, 6.07) is 40.4. The predicted molar refractivity (Wildman–Crippen MR) is 265 cm³/mol. The second-order valence-electron chi connectivity index (χ2n) is 24.5. The Balaban J connectivity index is 1.33. The third-order valence-corrected chi connectivity index (χ3v) is 16.0. The van der Waals surface area contributed by atoms with Gasteiger partial charge in [0, 0.05) is 39.6 Å².